The molecule has 1 saturated carbocycles. The molecule has 1 aliphatic heterocycles. The van der Waals surface area contributed by atoms with Crippen LogP contribution < -0.4 is 4.90 Å². The molecule has 2 aliphatic rings. The number of anilines is 1. The van der Waals surface area contributed by atoms with Gasteiger partial charge in [0.15, 0.2) is 0 Å². The van der Waals surface area contributed by atoms with E-state index >= 15 is 0 Å². The summed E-state index contributed by atoms with van der Waals surface area (Å²) in [6.45, 7) is 1.83. The van der Waals surface area contributed by atoms with Crippen molar-refractivity contribution in [3.05, 3.63) is 53.6 Å². The second kappa shape index (κ2) is 8.86. The highest BCUT2D eigenvalue weighted by atomic mass is 16.5. The molecule has 1 atom stereocenters. The fourth-order valence-corrected chi connectivity index (χ4v) is 5.92. The summed E-state index contributed by atoms with van der Waals surface area (Å²) in [4.78, 5) is 17.2. The molecule has 3 aromatic rings. The molecule has 0 saturated heterocycles. The van der Waals surface area contributed by atoms with Crippen molar-refractivity contribution in [3.63, 3.8) is 0 Å². The highest BCUT2D eigenvalue weighted by Gasteiger charge is 2.31. The Labute approximate surface area is 196 Å². The molecule has 5 rings (SSSR count). The number of methoxy groups -OCH3 is 1. The Morgan fingerprint density at radius 3 is 2.52 bits per heavy atom. The minimum Gasteiger partial charge on any atom is -0.465 e. The first-order chi connectivity index (χ1) is 16.0. The highest BCUT2D eigenvalue weighted by Crippen LogP contribution is 2.47. The molecule has 5 nitrogen and oxygen atoms in total. The van der Waals surface area contributed by atoms with Crippen molar-refractivity contribution in [3.8, 4) is 11.3 Å². The van der Waals surface area contributed by atoms with Crippen LogP contribution in [0.15, 0.2) is 42.5 Å². The normalized spacial score (nSPS) is 19.2. The third-order valence-electron chi connectivity index (χ3n) is 7.72. The molecule has 0 spiro atoms. The zero-order valence-electron chi connectivity index (χ0n) is 20.3. The lowest BCUT2D eigenvalue weighted by Gasteiger charge is -2.35. The Hall–Kier alpha value is -2.79. The van der Waals surface area contributed by atoms with Crippen LogP contribution in [0.5, 0.6) is 0 Å². The molecule has 2 heterocycles. The number of para-hydroxylation sites is 1. The summed E-state index contributed by atoms with van der Waals surface area (Å²) in [5.41, 5.74) is 7.16. The summed E-state index contributed by atoms with van der Waals surface area (Å²) in [7, 11) is 8.00. The van der Waals surface area contributed by atoms with E-state index in [4.69, 9.17) is 4.74 Å². The molecule has 1 fully saturated rings. The molecular formula is C28H35N3O2. The molecular weight excluding hydrogens is 410 g/mol. The van der Waals surface area contributed by atoms with E-state index in [9.17, 15) is 4.79 Å². The molecule has 0 amide bonds. The zero-order chi connectivity index (χ0) is 23.1. The second-order valence-corrected chi connectivity index (χ2v) is 9.95. The molecule has 174 valence electrons. The van der Waals surface area contributed by atoms with Crippen molar-refractivity contribution < 1.29 is 9.53 Å². The number of nitrogens with zero attached hydrogens (tertiary/aromatic N) is 3. The van der Waals surface area contributed by atoms with E-state index in [0.717, 1.165) is 18.6 Å². The predicted molar refractivity (Wildman–Crippen MR) is 135 cm³/mol. The smallest absolute Gasteiger partial charge is 0.337 e. The van der Waals surface area contributed by atoms with E-state index in [0.29, 0.717) is 17.5 Å². The van der Waals surface area contributed by atoms with Gasteiger partial charge in [-0.05, 0) is 56.6 Å². The topological polar surface area (TPSA) is 37.7 Å². The summed E-state index contributed by atoms with van der Waals surface area (Å²) >= 11 is 0. The second-order valence-electron chi connectivity index (χ2n) is 9.95. The molecule has 2 aromatic carbocycles. The number of esters is 1. The number of benzene rings is 2. The Balaban J connectivity index is 1.85. The number of aromatic nitrogens is 1. The number of hydrogen-bond acceptors (Lipinski definition) is 4. The van der Waals surface area contributed by atoms with E-state index < -0.39 is 0 Å². The molecule has 5 heteroatoms. The van der Waals surface area contributed by atoms with E-state index in [1.807, 2.05) is 6.07 Å². The molecule has 1 aliphatic carbocycles. The van der Waals surface area contributed by atoms with Crippen LogP contribution in [0.4, 0.5) is 5.69 Å². The van der Waals surface area contributed by atoms with Crippen LogP contribution in [0.1, 0.15) is 53.9 Å². The van der Waals surface area contributed by atoms with Gasteiger partial charge in [-0.25, -0.2) is 4.79 Å². The maximum absolute atomic E-state index is 12.4. The van der Waals surface area contributed by atoms with Crippen molar-refractivity contribution in [2.75, 3.05) is 39.7 Å². The van der Waals surface area contributed by atoms with Gasteiger partial charge in [-0.2, -0.15) is 0 Å². The van der Waals surface area contributed by atoms with Crippen LogP contribution in [0.25, 0.3) is 22.2 Å². The van der Waals surface area contributed by atoms with Crippen LogP contribution >= 0.6 is 0 Å². The summed E-state index contributed by atoms with van der Waals surface area (Å²) in [6, 6.07) is 15.3. The number of likely N-dealkylation sites (N-methyl/N-ethyl adjacent to an activating group) is 2. The van der Waals surface area contributed by atoms with Gasteiger partial charge in [-0.1, -0.05) is 43.5 Å². The maximum Gasteiger partial charge on any atom is 0.337 e. The lowest BCUT2D eigenvalue weighted by atomic mass is 9.81. The third kappa shape index (κ3) is 3.82. The van der Waals surface area contributed by atoms with Gasteiger partial charge in [0.1, 0.15) is 0 Å². The van der Waals surface area contributed by atoms with Gasteiger partial charge in [-0.3, -0.25) is 0 Å². The molecule has 0 N–H and O–H groups in total. The number of ether oxygens (including phenoxy) is 1. The molecule has 1 aromatic heterocycles. The molecule has 33 heavy (non-hydrogen) atoms. The molecule has 0 radical (unpaired) electrons. The van der Waals surface area contributed by atoms with E-state index in [-0.39, 0.29) is 5.97 Å². The van der Waals surface area contributed by atoms with Crippen LogP contribution in [0, 0.1) is 0 Å². The van der Waals surface area contributed by atoms with E-state index in [1.54, 1.807) is 0 Å². The molecule has 0 bridgehead atoms. The van der Waals surface area contributed by atoms with Crippen LogP contribution in [-0.2, 0) is 11.3 Å². The Morgan fingerprint density at radius 2 is 1.79 bits per heavy atom. The Bertz CT molecular complexity index is 1170. The van der Waals surface area contributed by atoms with E-state index in [2.05, 4.69) is 71.9 Å². The van der Waals surface area contributed by atoms with Crippen molar-refractivity contribution in [1.82, 2.24) is 9.47 Å². The summed E-state index contributed by atoms with van der Waals surface area (Å²) in [5, 5.41) is 1.29. The summed E-state index contributed by atoms with van der Waals surface area (Å²) < 4.78 is 7.57. The zero-order valence-corrected chi connectivity index (χ0v) is 20.3. The average Bonchev–Trinajstić information content (AvgIpc) is 3.15. The maximum atomic E-state index is 12.4. The first-order valence-corrected chi connectivity index (χ1v) is 12.2. The van der Waals surface area contributed by atoms with Crippen LogP contribution in [0.2, 0.25) is 0 Å². The van der Waals surface area contributed by atoms with Gasteiger partial charge in [-0.15, -0.1) is 0 Å². The Kier molecular flexibility index (Phi) is 5.92. The summed E-state index contributed by atoms with van der Waals surface area (Å²) in [5.74, 6) is 0.277. The number of fused-ring (bicyclic) bond motifs is 5. The Morgan fingerprint density at radius 1 is 1.03 bits per heavy atom. The third-order valence-corrected chi connectivity index (χ3v) is 7.72. The van der Waals surface area contributed by atoms with Gasteiger partial charge in [0.05, 0.1) is 18.4 Å². The number of carbonyl (C=O) groups excluding carboxylic acids is 1. The van der Waals surface area contributed by atoms with Crippen molar-refractivity contribution >= 4 is 22.6 Å². The summed E-state index contributed by atoms with van der Waals surface area (Å²) in [6.07, 6.45) is 6.39. The fourth-order valence-electron chi connectivity index (χ4n) is 5.92. The highest BCUT2D eigenvalue weighted by molar-refractivity contribution is 6.00. The van der Waals surface area contributed by atoms with Gasteiger partial charge < -0.3 is 19.1 Å². The number of carbonyl (C=O) groups is 1. The quantitative estimate of drug-likeness (QED) is 0.497. The minimum absolute atomic E-state index is 0.276. The lowest BCUT2D eigenvalue weighted by Crippen LogP contribution is -2.43. The van der Waals surface area contributed by atoms with Crippen LogP contribution in [-0.4, -0.2) is 56.3 Å². The first kappa shape index (κ1) is 22.0. The van der Waals surface area contributed by atoms with Crippen molar-refractivity contribution in [2.45, 2.75) is 50.6 Å². The van der Waals surface area contributed by atoms with Crippen LogP contribution in [0.3, 0.4) is 0 Å². The van der Waals surface area contributed by atoms with E-state index in [1.165, 1.54) is 67.1 Å². The predicted octanol–water partition coefficient (Wildman–Crippen LogP) is 5.52. The van der Waals surface area contributed by atoms with Crippen molar-refractivity contribution in [1.29, 1.82) is 0 Å². The fraction of sp³-hybridized carbons (Fsp3) is 0.464. The average molecular weight is 446 g/mol. The van der Waals surface area contributed by atoms with Gasteiger partial charge >= 0.3 is 5.97 Å². The first-order valence-electron chi connectivity index (χ1n) is 12.2. The SMILES string of the molecule is COC(=O)c1ccc2c(C3CCCCC3)c3n(c2c1)CC(N(C)C)CN(C)c1ccccc1-3. The lowest BCUT2D eigenvalue weighted by molar-refractivity contribution is 0.0601. The van der Waals surface area contributed by atoms with Gasteiger partial charge in [0.2, 0.25) is 0 Å². The largest absolute Gasteiger partial charge is 0.465 e. The number of rotatable bonds is 3. The van der Waals surface area contributed by atoms with Gasteiger partial charge in [0.25, 0.3) is 0 Å². The number of hydrogen-bond donors (Lipinski definition) is 0. The standard InChI is InChI=1S/C28H35N3O2/c1-29(2)21-17-30(3)24-13-9-8-12-23(24)27-26(19-10-6-5-7-11-19)22-15-14-20(28(32)33-4)16-25(22)31(27)18-21/h8-9,12-16,19,21H,5-7,10-11,17-18H2,1-4H3. The molecule has 1 unspecified atom stereocenters. The minimum atomic E-state index is -0.276. The van der Waals surface area contributed by atoms with Gasteiger partial charge in [0, 0.05) is 48.3 Å². The van der Waals surface area contributed by atoms with Crippen molar-refractivity contribution in [2.24, 2.45) is 0 Å². The monoisotopic (exact) mass is 445 g/mol.